The van der Waals surface area contributed by atoms with Gasteiger partial charge in [0.1, 0.15) is 0 Å². The summed E-state index contributed by atoms with van der Waals surface area (Å²) in [6, 6.07) is 0.289. The van der Waals surface area contributed by atoms with E-state index in [9.17, 15) is 9.59 Å². The zero-order chi connectivity index (χ0) is 9.71. The van der Waals surface area contributed by atoms with Crippen molar-refractivity contribution >= 4 is 11.2 Å². The maximum Gasteiger partial charge on any atom is 0.327 e. The van der Waals surface area contributed by atoms with Crippen molar-refractivity contribution in [3.05, 3.63) is 20.8 Å². The third-order valence-electron chi connectivity index (χ3n) is 2.26. The summed E-state index contributed by atoms with van der Waals surface area (Å²) in [7, 11) is 0. The van der Waals surface area contributed by atoms with Crippen molar-refractivity contribution in [2.75, 3.05) is 0 Å². The van der Waals surface area contributed by atoms with E-state index in [1.54, 1.807) is 4.68 Å². The van der Waals surface area contributed by atoms with Gasteiger partial charge in [0, 0.05) is 0 Å². The standard InChI is InChI=1S/C7H7N5O2/c13-6-4-5(8-7(14)9-6)12(11-10-4)3-1-2-3/h3H,1-2H2,(H2,8,9,13,14). The van der Waals surface area contributed by atoms with Crippen molar-refractivity contribution < 1.29 is 0 Å². The van der Waals surface area contributed by atoms with Gasteiger partial charge in [0.25, 0.3) is 5.56 Å². The zero-order valence-electron chi connectivity index (χ0n) is 7.15. The molecule has 0 radical (unpaired) electrons. The highest BCUT2D eigenvalue weighted by Crippen LogP contribution is 2.34. The fourth-order valence-corrected chi connectivity index (χ4v) is 1.44. The quantitative estimate of drug-likeness (QED) is 0.616. The number of nitrogens with one attached hydrogen (secondary N) is 2. The molecule has 14 heavy (non-hydrogen) atoms. The summed E-state index contributed by atoms with van der Waals surface area (Å²) < 4.78 is 1.60. The van der Waals surface area contributed by atoms with Gasteiger partial charge in [-0.05, 0) is 12.8 Å². The van der Waals surface area contributed by atoms with Crippen LogP contribution >= 0.6 is 0 Å². The highest BCUT2D eigenvalue weighted by Gasteiger charge is 2.27. The number of H-pyrrole nitrogens is 2. The summed E-state index contributed by atoms with van der Waals surface area (Å²) in [4.78, 5) is 26.9. The lowest BCUT2D eigenvalue weighted by molar-refractivity contribution is 0.624. The molecule has 1 aliphatic rings. The molecule has 7 heteroatoms. The van der Waals surface area contributed by atoms with Crippen LogP contribution in [-0.2, 0) is 0 Å². The Morgan fingerprint density at radius 1 is 1.29 bits per heavy atom. The van der Waals surface area contributed by atoms with Crippen LogP contribution < -0.4 is 11.2 Å². The van der Waals surface area contributed by atoms with E-state index in [1.807, 2.05) is 0 Å². The molecular weight excluding hydrogens is 186 g/mol. The first kappa shape index (κ1) is 7.48. The molecule has 0 atom stereocenters. The second kappa shape index (κ2) is 2.31. The minimum Gasteiger partial charge on any atom is -0.290 e. The number of hydrogen-bond donors (Lipinski definition) is 2. The van der Waals surface area contributed by atoms with E-state index in [2.05, 4.69) is 20.3 Å². The molecule has 3 rings (SSSR count). The van der Waals surface area contributed by atoms with Crippen LogP contribution in [0.3, 0.4) is 0 Å². The highest BCUT2D eigenvalue weighted by atomic mass is 16.2. The van der Waals surface area contributed by atoms with Gasteiger partial charge in [-0.25, -0.2) is 9.48 Å². The summed E-state index contributed by atoms with van der Waals surface area (Å²) in [5.74, 6) is 0. The van der Waals surface area contributed by atoms with Crippen molar-refractivity contribution in [1.82, 2.24) is 25.0 Å². The molecule has 0 bridgehead atoms. The molecule has 0 aliphatic heterocycles. The number of rotatable bonds is 1. The lowest BCUT2D eigenvalue weighted by atomic mass is 10.5. The Kier molecular flexibility index (Phi) is 1.23. The Labute approximate surface area is 76.8 Å². The van der Waals surface area contributed by atoms with Crippen molar-refractivity contribution in [2.24, 2.45) is 0 Å². The number of nitrogens with zero attached hydrogens (tertiary/aromatic N) is 3. The Bertz CT molecular complexity index is 602. The summed E-state index contributed by atoms with van der Waals surface area (Å²) in [5.41, 5.74) is -0.403. The number of aromatic nitrogens is 5. The second-order valence-corrected chi connectivity index (χ2v) is 3.37. The third-order valence-corrected chi connectivity index (χ3v) is 2.26. The highest BCUT2D eigenvalue weighted by molar-refractivity contribution is 5.67. The fraction of sp³-hybridized carbons (Fsp3) is 0.429. The van der Waals surface area contributed by atoms with Crippen LogP contribution in [0.1, 0.15) is 18.9 Å². The van der Waals surface area contributed by atoms with Gasteiger partial charge >= 0.3 is 5.69 Å². The predicted molar refractivity (Wildman–Crippen MR) is 47.0 cm³/mol. The Morgan fingerprint density at radius 3 is 2.79 bits per heavy atom. The predicted octanol–water partition coefficient (Wildman–Crippen LogP) is -0.857. The lowest BCUT2D eigenvalue weighted by Crippen LogP contribution is -2.22. The van der Waals surface area contributed by atoms with Crippen LogP contribution in [0.15, 0.2) is 9.59 Å². The van der Waals surface area contributed by atoms with E-state index in [0.29, 0.717) is 5.65 Å². The topological polar surface area (TPSA) is 96.4 Å². The molecule has 0 saturated heterocycles. The van der Waals surface area contributed by atoms with Gasteiger partial charge in [0.05, 0.1) is 6.04 Å². The van der Waals surface area contributed by atoms with E-state index in [-0.39, 0.29) is 11.6 Å². The van der Waals surface area contributed by atoms with Gasteiger partial charge in [0.2, 0.25) is 0 Å². The maximum atomic E-state index is 11.3. The molecule has 0 amide bonds. The van der Waals surface area contributed by atoms with Gasteiger partial charge in [-0.1, -0.05) is 5.21 Å². The van der Waals surface area contributed by atoms with E-state index in [0.717, 1.165) is 12.8 Å². The summed E-state index contributed by atoms with van der Waals surface area (Å²) in [6.07, 6.45) is 2.04. The van der Waals surface area contributed by atoms with Gasteiger partial charge in [-0.15, -0.1) is 5.10 Å². The molecule has 1 aliphatic carbocycles. The molecule has 7 nitrogen and oxygen atoms in total. The minimum atomic E-state index is -0.522. The Hall–Kier alpha value is -1.92. The van der Waals surface area contributed by atoms with Crippen LogP contribution in [0.4, 0.5) is 0 Å². The normalized spacial score (nSPS) is 16.3. The first-order valence-corrected chi connectivity index (χ1v) is 4.33. The molecule has 2 heterocycles. The first-order chi connectivity index (χ1) is 6.75. The van der Waals surface area contributed by atoms with Crippen LogP contribution in [0.25, 0.3) is 11.2 Å². The molecule has 0 aromatic carbocycles. The van der Waals surface area contributed by atoms with Gasteiger partial charge in [0.15, 0.2) is 11.2 Å². The monoisotopic (exact) mass is 193 g/mol. The second-order valence-electron chi connectivity index (χ2n) is 3.37. The van der Waals surface area contributed by atoms with Crippen LogP contribution in [0.2, 0.25) is 0 Å². The fourth-order valence-electron chi connectivity index (χ4n) is 1.44. The van der Waals surface area contributed by atoms with Crippen LogP contribution in [0.5, 0.6) is 0 Å². The minimum absolute atomic E-state index is 0.191. The maximum absolute atomic E-state index is 11.3. The van der Waals surface area contributed by atoms with Gasteiger partial charge in [-0.2, -0.15) is 0 Å². The van der Waals surface area contributed by atoms with Crippen molar-refractivity contribution in [3.63, 3.8) is 0 Å². The van der Waals surface area contributed by atoms with Gasteiger partial charge < -0.3 is 0 Å². The largest absolute Gasteiger partial charge is 0.327 e. The van der Waals surface area contributed by atoms with Crippen molar-refractivity contribution in [1.29, 1.82) is 0 Å². The van der Waals surface area contributed by atoms with Crippen molar-refractivity contribution in [2.45, 2.75) is 18.9 Å². The number of hydrogen-bond acceptors (Lipinski definition) is 4. The Balaban J connectivity index is 2.44. The molecule has 1 fully saturated rings. The molecule has 1 saturated carbocycles. The lowest BCUT2D eigenvalue weighted by Gasteiger charge is -1.95. The molecule has 72 valence electrons. The molecule has 0 spiro atoms. The summed E-state index contributed by atoms with van der Waals surface area (Å²) in [5, 5.41) is 7.56. The van der Waals surface area contributed by atoms with Crippen LogP contribution in [-0.4, -0.2) is 25.0 Å². The molecule has 2 N–H and O–H groups in total. The van der Waals surface area contributed by atoms with Crippen LogP contribution in [0, 0.1) is 0 Å². The van der Waals surface area contributed by atoms with E-state index in [4.69, 9.17) is 0 Å². The Morgan fingerprint density at radius 2 is 2.07 bits per heavy atom. The summed E-state index contributed by atoms with van der Waals surface area (Å²) >= 11 is 0. The third kappa shape index (κ3) is 0.918. The molecule has 2 aromatic rings. The summed E-state index contributed by atoms with van der Waals surface area (Å²) in [6.45, 7) is 0. The first-order valence-electron chi connectivity index (χ1n) is 4.33. The van der Waals surface area contributed by atoms with Crippen molar-refractivity contribution in [3.8, 4) is 0 Å². The number of fused-ring (bicyclic) bond motifs is 1. The van der Waals surface area contributed by atoms with E-state index >= 15 is 0 Å². The van der Waals surface area contributed by atoms with E-state index in [1.165, 1.54) is 0 Å². The average molecular weight is 193 g/mol. The van der Waals surface area contributed by atoms with Gasteiger partial charge in [-0.3, -0.25) is 14.8 Å². The average Bonchev–Trinajstić information content (AvgIpc) is 2.87. The molecular formula is C7H7N5O2. The molecule has 0 unspecified atom stereocenters. The molecule has 2 aromatic heterocycles. The smallest absolute Gasteiger partial charge is 0.290 e. The SMILES string of the molecule is O=c1[nH]c(=O)c2nnn(C3CC3)c2[nH]1. The zero-order valence-corrected chi connectivity index (χ0v) is 7.15. The number of aromatic amines is 2. The van der Waals surface area contributed by atoms with E-state index < -0.39 is 11.2 Å².